The average Bonchev–Trinajstić information content (AvgIpc) is 3.20. The van der Waals surface area contributed by atoms with Gasteiger partial charge < -0.3 is 5.32 Å². The molecule has 8 heteroatoms. The molecule has 3 aromatic rings. The lowest BCUT2D eigenvalue weighted by Gasteiger charge is -2.27. The van der Waals surface area contributed by atoms with Crippen molar-refractivity contribution in [1.29, 1.82) is 0 Å². The van der Waals surface area contributed by atoms with Crippen LogP contribution in [-0.4, -0.2) is 39.0 Å². The van der Waals surface area contributed by atoms with Gasteiger partial charge in [-0.1, -0.05) is 72.8 Å². The van der Waals surface area contributed by atoms with E-state index >= 15 is 0 Å². The fourth-order valence-electron chi connectivity index (χ4n) is 4.06. The van der Waals surface area contributed by atoms with Crippen molar-refractivity contribution in [2.45, 2.75) is 31.1 Å². The SMILES string of the molecule is CC[C@H](SC1=Nc2ccccc2C2=N[C@@H](Cc3ccccc3)C(=O)N12)C(=O)Nc1ccc(Cl)cc1. The quantitative estimate of drug-likeness (QED) is 0.470. The number of aliphatic imine (C=N–C) groups is 2. The third kappa shape index (κ3) is 4.88. The average molecular weight is 503 g/mol. The summed E-state index contributed by atoms with van der Waals surface area (Å²) in [6.07, 6.45) is 1.07. The number of benzene rings is 3. The summed E-state index contributed by atoms with van der Waals surface area (Å²) in [5, 5.41) is 3.56. The van der Waals surface area contributed by atoms with E-state index in [1.807, 2.05) is 61.5 Å². The first-order valence-electron chi connectivity index (χ1n) is 11.4. The van der Waals surface area contributed by atoms with Gasteiger partial charge in [0.15, 0.2) is 5.17 Å². The largest absolute Gasteiger partial charge is 0.325 e. The molecule has 0 radical (unpaired) electrons. The number of amidine groups is 2. The van der Waals surface area contributed by atoms with Gasteiger partial charge in [0.05, 0.1) is 10.9 Å². The van der Waals surface area contributed by atoms with E-state index < -0.39 is 11.3 Å². The van der Waals surface area contributed by atoms with Gasteiger partial charge in [-0.3, -0.25) is 14.6 Å². The van der Waals surface area contributed by atoms with Crippen LogP contribution in [0.25, 0.3) is 0 Å². The van der Waals surface area contributed by atoms with Gasteiger partial charge in [-0.15, -0.1) is 0 Å². The molecule has 6 nitrogen and oxygen atoms in total. The molecule has 35 heavy (non-hydrogen) atoms. The second-order valence-electron chi connectivity index (χ2n) is 8.25. The van der Waals surface area contributed by atoms with Gasteiger partial charge in [0, 0.05) is 22.7 Å². The minimum atomic E-state index is -0.535. The van der Waals surface area contributed by atoms with Gasteiger partial charge in [0.25, 0.3) is 5.91 Å². The van der Waals surface area contributed by atoms with Crippen LogP contribution >= 0.6 is 23.4 Å². The Bertz CT molecular complexity index is 1320. The number of hydrogen-bond donors (Lipinski definition) is 1. The van der Waals surface area contributed by atoms with Crippen molar-refractivity contribution < 1.29 is 9.59 Å². The second kappa shape index (κ2) is 10.1. The van der Waals surface area contributed by atoms with Crippen LogP contribution in [0, 0.1) is 0 Å². The van der Waals surface area contributed by atoms with Crippen molar-refractivity contribution in [3.63, 3.8) is 0 Å². The zero-order valence-corrected chi connectivity index (χ0v) is 20.6. The van der Waals surface area contributed by atoms with Crippen molar-refractivity contribution >= 4 is 57.6 Å². The zero-order valence-electron chi connectivity index (χ0n) is 19.0. The summed E-state index contributed by atoms with van der Waals surface area (Å²) in [5.74, 6) is 0.307. The Kier molecular flexibility index (Phi) is 6.70. The summed E-state index contributed by atoms with van der Waals surface area (Å²) in [6, 6.07) is 23.9. The maximum absolute atomic E-state index is 13.5. The Morgan fingerprint density at radius 1 is 1.06 bits per heavy atom. The molecule has 0 aromatic heterocycles. The molecule has 0 bridgehead atoms. The van der Waals surface area contributed by atoms with Gasteiger partial charge in [-0.2, -0.15) is 0 Å². The molecule has 0 saturated carbocycles. The number of para-hydroxylation sites is 1. The fraction of sp³-hybridized carbons (Fsp3) is 0.185. The lowest BCUT2D eigenvalue weighted by Crippen LogP contribution is -2.42. The molecule has 2 atom stereocenters. The molecule has 2 aliphatic rings. The molecule has 5 rings (SSSR count). The molecule has 2 aliphatic heterocycles. The maximum atomic E-state index is 13.5. The van der Waals surface area contributed by atoms with Gasteiger partial charge in [-0.25, -0.2) is 9.89 Å². The predicted octanol–water partition coefficient (Wildman–Crippen LogP) is 5.69. The molecular weight excluding hydrogens is 480 g/mol. The third-order valence-corrected chi connectivity index (χ3v) is 7.41. The van der Waals surface area contributed by atoms with E-state index in [4.69, 9.17) is 21.6 Å². The van der Waals surface area contributed by atoms with Gasteiger partial charge in [0.1, 0.15) is 11.9 Å². The topological polar surface area (TPSA) is 74.1 Å². The molecule has 0 spiro atoms. The molecular formula is C27H23ClN4O2S. The van der Waals surface area contributed by atoms with Crippen molar-refractivity contribution in [3.8, 4) is 0 Å². The van der Waals surface area contributed by atoms with Gasteiger partial charge >= 0.3 is 0 Å². The molecule has 1 N–H and O–H groups in total. The first-order chi connectivity index (χ1) is 17.0. The van der Waals surface area contributed by atoms with Crippen LogP contribution in [0.5, 0.6) is 0 Å². The van der Waals surface area contributed by atoms with E-state index in [1.165, 1.54) is 11.8 Å². The van der Waals surface area contributed by atoms with E-state index in [-0.39, 0.29) is 11.8 Å². The third-order valence-electron chi connectivity index (χ3n) is 5.84. The number of thioether (sulfide) groups is 1. The number of hydrogen-bond acceptors (Lipinski definition) is 5. The summed E-state index contributed by atoms with van der Waals surface area (Å²) in [7, 11) is 0. The summed E-state index contributed by atoms with van der Waals surface area (Å²) < 4.78 is 0. The van der Waals surface area contributed by atoms with E-state index in [1.54, 1.807) is 29.2 Å². The maximum Gasteiger partial charge on any atom is 0.259 e. The molecule has 0 unspecified atom stereocenters. The second-order valence-corrected chi connectivity index (χ2v) is 9.86. The Labute approximate surface area is 213 Å². The monoisotopic (exact) mass is 502 g/mol. The van der Waals surface area contributed by atoms with Crippen molar-refractivity contribution in [2.75, 3.05) is 5.32 Å². The van der Waals surface area contributed by atoms with Crippen LogP contribution in [0.15, 0.2) is 88.8 Å². The van der Waals surface area contributed by atoms with Crippen LogP contribution in [0.1, 0.15) is 24.5 Å². The standard InChI is InChI=1S/C27H23ClN4O2S/c1-2-23(25(33)29-19-14-12-18(28)13-15-19)35-27-31-21-11-7-6-10-20(21)24-30-22(26(34)32(24)27)16-17-8-4-3-5-9-17/h3-15,22-23H,2,16H2,1H3,(H,29,33)/t22-,23-/m0/s1. The number of carbonyl (C=O) groups excluding carboxylic acids is 2. The van der Waals surface area contributed by atoms with Crippen LogP contribution in [0.3, 0.4) is 0 Å². The Morgan fingerprint density at radius 2 is 1.77 bits per heavy atom. The van der Waals surface area contributed by atoms with Gasteiger partial charge in [-0.05, 0) is 48.4 Å². The van der Waals surface area contributed by atoms with Crippen LogP contribution in [0.4, 0.5) is 11.4 Å². The van der Waals surface area contributed by atoms with Crippen LogP contribution < -0.4 is 5.32 Å². The number of halogens is 1. The van der Waals surface area contributed by atoms with Crippen molar-refractivity contribution in [1.82, 2.24) is 4.90 Å². The minimum Gasteiger partial charge on any atom is -0.325 e. The molecule has 0 aliphatic carbocycles. The highest BCUT2D eigenvalue weighted by Gasteiger charge is 2.42. The molecule has 0 saturated heterocycles. The van der Waals surface area contributed by atoms with Gasteiger partial charge in [0.2, 0.25) is 5.91 Å². The Morgan fingerprint density at radius 3 is 2.51 bits per heavy atom. The Hall–Kier alpha value is -3.42. The van der Waals surface area contributed by atoms with E-state index in [0.717, 1.165) is 16.8 Å². The number of nitrogens with one attached hydrogen (secondary N) is 1. The summed E-state index contributed by atoms with van der Waals surface area (Å²) in [4.78, 5) is 37.8. The number of amides is 2. The molecule has 0 fully saturated rings. The lowest BCUT2D eigenvalue weighted by atomic mass is 10.1. The summed E-state index contributed by atoms with van der Waals surface area (Å²) >= 11 is 7.24. The first-order valence-corrected chi connectivity index (χ1v) is 12.7. The molecule has 176 valence electrons. The number of fused-ring (bicyclic) bond motifs is 3. The van der Waals surface area contributed by atoms with E-state index in [9.17, 15) is 9.59 Å². The van der Waals surface area contributed by atoms with Crippen LogP contribution in [0.2, 0.25) is 5.02 Å². The summed E-state index contributed by atoms with van der Waals surface area (Å²) in [5.41, 5.74) is 3.27. The highest BCUT2D eigenvalue weighted by atomic mass is 35.5. The zero-order chi connectivity index (χ0) is 24.4. The van der Waals surface area contributed by atoms with Crippen molar-refractivity contribution in [3.05, 3.63) is 95.0 Å². The predicted molar refractivity (Wildman–Crippen MR) is 143 cm³/mol. The molecule has 2 amide bonds. The Balaban J connectivity index is 1.42. The normalized spacial score (nSPS) is 17.3. The summed E-state index contributed by atoms with van der Waals surface area (Å²) in [6.45, 7) is 1.94. The van der Waals surface area contributed by atoms with E-state index in [0.29, 0.717) is 34.6 Å². The highest BCUT2D eigenvalue weighted by molar-refractivity contribution is 8.15. The molecule has 3 aromatic carbocycles. The number of nitrogens with zero attached hydrogens (tertiary/aromatic N) is 3. The lowest BCUT2D eigenvalue weighted by molar-refractivity contribution is -0.124. The number of anilines is 1. The number of rotatable bonds is 6. The van der Waals surface area contributed by atoms with Crippen LogP contribution in [-0.2, 0) is 16.0 Å². The highest BCUT2D eigenvalue weighted by Crippen LogP contribution is 2.36. The fourth-order valence-corrected chi connectivity index (χ4v) is 5.20. The minimum absolute atomic E-state index is 0.127. The smallest absolute Gasteiger partial charge is 0.259 e. The number of carbonyl (C=O) groups is 2. The first kappa shape index (κ1) is 23.3. The molecule has 2 heterocycles. The van der Waals surface area contributed by atoms with Crippen molar-refractivity contribution in [2.24, 2.45) is 9.98 Å². The van der Waals surface area contributed by atoms with E-state index in [2.05, 4.69) is 5.32 Å².